The zero-order valence-corrected chi connectivity index (χ0v) is 18.4. The van der Waals surface area contributed by atoms with Gasteiger partial charge in [0, 0.05) is 0 Å². The van der Waals surface area contributed by atoms with Gasteiger partial charge in [0.05, 0.1) is 12.2 Å². The van der Waals surface area contributed by atoms with Crippen LogP contribution in [-0.4, -0.2) is 17.7 Å². The minimum Gasteiger partial charge on any atom is -0.423 e. The Balaban J connectivity index is 1.72. The molecule has 0 saturated carbocycles. The minimum absolute atomic E-state index is 0.0319. The number of rotatable bonds is 9. The molecule has 3 nitrogen and oxygen atoms in total. The lowest BCUT2D eigenvalue weighted by molar-refractivity contribution is -0.130. The van der Waals surface area contributed by atoms with Gasteiger partial charge in [0.1, 0.15) is 5.75 Å². The van der Waals surface area contributed by atoms with E-state index in [0.717, 1.165) is 17.5 Å². The first-order valence-electron chi connectivity index (χ1n) is 10.8. The number of carbonyl (C=O) groups excluding carboxylic acids is 1. The molecule has 0 heterocycles. The molecule has 0 aromatic heterocycles. The monoisotopic (exact) mass is 414 g/mol. The summed E-state index contributed by atoms with van der Waals surface area (Å²) in [4.78, 5) is 11.7. The number of aryl methyl sites for hydroxylation is 2. The van der Waals surface area contributed by atoms with Gasteiger partial charge in [0.25, 0.3) is 0 Å². The molecule has 3 heteroatoms. The molecule has 160 valence electrons. The van der Waals surface area contributed by atoms with Crippen molar-refractivity contribution in [1.82, 2.24) is 0 Å². The van der Waals surface area contributed by atoms with Gasteiger partial charge < -0.3 is 9.84 Å². The van der Waals surface area contributed by atoms with Crippen molar-refractivity contribution in [1.29, 1.82) is 0 Å². The van der Waals surface area contributed by atoms with Crippen LogP contribution in [0.1, 0.15) is 37.3 Å². The van der Waals surface area contributed by atoms with Crippen LogP contribution in [0, 0.1) is 6.92 Å². The second-order valence-electron chi connectivity index (χ2n) is 7.86. The largest absolute Gasteiger partial charge is 0.423 e. The van der Waals surface area contributed by atoms with Crippen LogP contribution < -0.4 is 4.74 Å². The summed E-state index contributed by atoms with van der Waals surface area (Å²) in [5.74, 6) is -0.191. The molecule has 3 aromatic carbocycles. The second kappa shape index (κ2) is 10.7. The molecule has 1 N–H and O–H groups in total. The van der Waals surface area contributed by atoms with Crippen LogP contribution in [0.2, 0.25) is 0 Å². The zero-order valence-electron chi connectivity index (χ0n) is 18.4. The molecule has 0 fully saturated rings. The van der Waals surface area contributed by atoms with E-state index in [1.165, 1.54) is 41.5 Å². The molecule has 0 atom stereocenters. The molecule has 3 rings (SSSR count). The van der Waals surface area contributed by atoms with Gasteiger partial charge in [0.2, 0.25) is 0 Å². The van der Waals surface area contributed by atoms with Crippen molar-refractivity contribution < 1.29 is 14.6 Å². The smallest absolute Gasteiger partial charge is 0.341 e. The van der Waals surface area contributed by atoms with Crippen LogP contribution in [0.4, 0.5) is 0 Å². The van der Waals surface area contributed by atoms with E-state index in [1.54, 1.807) is 12.1 Å². The van der Waals surface area contributed by atoms with Gasteiger partial charge in [-0.1, -0.05) is 80.9 Å². The third-order valence-corrected chi connectivity index (χ3v) is 5.44. The summed E-state index contributed by atoms with van der Waals surface area (Å²) < 4.78 is 5.21. The first-order valence-corrected chi connectivity index (χ1v) is 10.8. The predicted octanol–water partition coefficient (Wildman–Crippen LogP) is 6.52. The van der Waals surface area contributed by atoms with Gasteiger partial charge in [-0.15, -0.1) is 0 Å². The minimum atomic E-state index is -0.618. The SMILES string of the molecule is C=C(CO)C(=O)Oc1ccc(-c2ccc(-c3ccc(CCCCC)cc3)cc2C)cc1. The molecule has 0 amide bonds. The number of carbonyl (C=O) groups is 1. The van der Waals surface area contributed by atoms with Crippen molar-refractivity contribution in [3.63, 3.8) is 0 Å². The van der Waals surface area contributed by atoms with Crippen molar-refractivity contribution in [3.8, 4) is 28.0 Å². The van der Waals surface area contributed by atoms with Crippen molar-refractivity contribution in [2.24, 2.45) is 0 Å². The van der Waals surface area contributed by atoms with E-state index < -0.39 is 12.6 Å². The average Bonchev–Trinajstić information content (AvgIpc) is 2.79. The fourth-order valence-corrected chi connectivity index (χ4v) is 3.56. The Morgan fingerprint density at radius 1 is 0.903 bits per heavy atom. The molecule has 0 saturated heterocycles. The molecule has 0 aliphatic rings. The number of hydrogen-bond acceptors (Lipinski definition) is 3. The topological polar surface area (TPSA) is 46.5 Å². The van der Waals surface area contributed by atoms with E-state index in [4.69, 9.17) is 9.84 Å². The fourth-order valence-electron chi connectivity index (χ4n) is 3.56. The van der Waals surface area contributed by atoms with E-state index in [0.29, 0.717) is 5.75 Å². The van der Waals surface area contributed by atoms with Gasteiger partial charge in [-0.3, -0.25) is 0 Å². The Morgan fingerprint density at radius 2 is 1.55 bits per heavy atom. The first kappa shape index (κ1) is 22.5. The maximum atomic E-state index is 11.7. The zero-order chi connectivity index (χ0) is 22.2. The van der Waals surface area contributed by atoms with Crippen molar-refractivity contribution in [2.45, 2.75) is 39.5 Å². The lowest BCUT2D eigenvalue weighted by Gasteiger charge is -2.11. The molecular weight excluding hydrogens is 384 g/mol. The maximum Gasteiger partial charge on any atom is 0.341 e. The molecule has 0 aliphatic carbocycles. The first-order chi connectivity index (χ1) is 15.0. The highest BCUT2D eigenvalue weighted by Gasteiger charge is 2.10. The van der Waals surface area contributed by atoms with Crippen LogP contribution in [0.3, 0.4) is 0 Å². The summed E-state index contributed by atoms with van der Waals surface area (Å²) in [5.41, 5.74) is 7.23. The molecule has 0 unspecified atom stereocenters. The van der Waals surface area contributed by atoms with Crippen molar-refractivity contribution >= 4 is 5.97 Å². The Labute approximate surface area is 185 Å². The number of benzene rings is 3. The normalized spacial score (nSPS) is 10.7. The summed E-state index contributed by atoms with van der Waals surface area (Å²) in [6.07, 6.45) is 4.92. The Bertz CT molecular complexity index is 1030. The molecule has 3 aromatic rings. The molecule has 0 bridgehead atoms. The lowest BCUT2D eigenvalue weighted by atomic mass is 9.95. The van der Waals surface area contributed by atoms with Gasteiger partial charge in [0.15, 0.2) is 0 Å². The summed E-state index contributed by atoms with van der Waals surface area (Å²) in [6.45, 7) is 7.40. The third kappa shape index (κ3) is 5.93. The van der Waals surface area contributed by atoms with E-state index in [-0.39, 0.29) is 5.57 Å². The highest BCUT2D eigenvalue weighted by molar-refractivity contribution is 5.89. The molecule has 0 aliphatic heterocycles. The second-order valence-corrected chi connectivity index (χ2v) is 7.86. The maximum absolute atomic E-state index is 11.7. The number of hydrogen-bond donors (Lipinski definition) is 1. The van der Waals surface area contributed by atoms with E-state index in [9.17, 15) is 4.79 Å². The average molecular weight is 415 g/mol. The van der Waals surface area contributed by atoms with Gasteiger partial charge >= 0.3 is 5.97 Å². The van der Waals surface area contributed by atoms with E-state index in [1.807, 2.05) is 12.1 Å². The molecule has 0 radical (unpaired) electrons. The molecule has 31 heavy (non-hydrogen) atoms. The highest BCUT2D eigenvalue weighted by atomic mass is 16.5. The van der Waals surface area contributed by atoms with Crippen LogP contribution in [0.25, 0.3) is 22.3 Å². The van der Waals surface area contributed by atoms with E-state index >= 15 is 0 Å². The third-order valence-electron chi connectivity index (χ3n) is 5.44. The van der Waals surface area contributed by atoms with Crippen LogP contribution >= 0.6 is 0 Å². The van der Waals surface area contributed by atoms with Crippen LogP contribution in [0.5, 0.6) is 5.75 Å². The molecular formula is C28H30O3. The number of aliphatic hydroxyl groups excluding tert-OH is 1. The quantitative estimate of drug-likeness (QED) is 0.188. The Kier molecular flexibility index (Phi) is 7.80. The lowest BCUT2D eigenvalue weighted by Crippen LogP contribution is -2.12. The standard InChI is InChI=1S/C28H30O3/c1-4-5-6-7-22-8-10-23(11-9-22)25-14-17-27(20(2)18-25)24-12-15-26(16-13-24)31-28(30)21(3)19-29/h8-18,29H,3-7,19H2,1-2H3. The number of ether oxygens (including phenoxy) is 1. The summed E-state index contributed by atoms with van der Waals surface area (Å²) >= 11 is 0. The molecule has 0 spiro atoms. The summed E-state index contributed by atoms with van der Waals surface area (Å²) in [5, 5.41) is 8.97. The predicted molar refractivity (Wildman–Crippen MR) is 127 cm³/mol. The highest BCUT2D eigenvalue weighted by Crippen LogP contribution is 2.30. The van der Waals surface area contributed by atoms with Gasteiger partial charge in [-0.2, -0.15) is 0 Å². The Morgan fingerprint density at radius 3 is 2.16 bits per heavy atom. The Hall–Kier alpha value is -3.17. The van der Waals surface area contributed by atoms with Crippen LogP contribution in [-0.2, 0) is 11.2 Å². The fraction of sp³-hybridized carbons (Fsp3) is 0.250. The van der Waals surface area contributed by atoms with Crippen molar-refractivity contribution in [3.05, 3.63) is 90.0 Å². The van der Waals surface area contributed by atoms with E-state index in [2.05, 4.69) is 62.9 Å². The van der Waals surface area contributed by atoms with Crippen molar-refractivity contribution in [2.75, 3.05) is 6.61 Å². The van der Waals surface area contributed by atoms with Crippen LogP contribution in [0.15, 0.2) is 78.9 Å². The van der Waals surface area contributed by atoms with Gasteiger partial charge in [-0.05, 0) is 65.3 Å². The van der Waals surface area contributed by atoms with Gasteiger partial charge in [-0.25, -0.2) is 4.79 Å². The number of esters is 1. The number of aliphatic hydroxyl groups is 1. The summed E-state index contributed by atoms with van der Waals surface area (Å²) in [7, 11) is 0. The number of unbranched alkanes of at least 4 members (excludes halogenated alkanes) is 2. The summed E-state index contributed by atoms with van der Waals surface area (Å²) in [6, 6.07) is 22.7.